The molecule has 2 aromatic carbocycles. The Morgan fingerprint density at radius 1 is 1.07 bits per heavy atom. The van der Waals surface area contributed by atoms with E-state index in [4.69, 9.17) is 16.3 Å². The first-order chi connectivity index (χ1) is 14.4. The van der Waals surface area contributed by atoms with Crippen molar-refractivity contribution in [3.63, 3.8) is 0 Å². The fourth-order valence-corrected chi connectivity index (χ4v) is 3.25. The van der Waals surface area contributed by atoms with Gasteiger partial charge in [-0.1, -0.05) is 11.6 Å². The molecule has 2 amide bonds. The van der Waals surface area contributed by atoms with Crippen LogP contribution >= 0.6 is 11.6 Å². The Labute approximate surface area is 180 Å². The number of amides is 2. The summed E-state index contributed by atoms with van der Waals surface area (Å²) in [6.45, 7) is 4.71. The average Bonchev–Trinajstić information content (AvgIpc) is 3.06. The van der Waals surface area contributed by atoms with Crippen molar-refractivity contribution in [3.05, 3.63) is 76.1 Å². The molecule has 0 bridgehead atoms. The molecule has 0 atom stereocenters. The summed E-state index contributed by atoms with van der Waals surface area (Å²) in [6.07, 6.45) is 0. The number of aryl methyl sites for hydroxylation is 2. The number of nitrogens with one attached hydrogen (secondary N) is 2. The van der Waals surface area contributed by atoms with Gasteiger partial charge in [0.05, 0.1) is 28.6 Å². The molecule has 0 unspecified atom stereocenters. The molecule has 0 aliphatic carbocycles. The molecular weight excluding hydrogens is 404 g/mol. The minimum atomic E-state index is -0.297. The van der Waals surface area contributed by atoms with E-state index in [-0.39, 0.29) is 16.8 Å². The number of rotatable bonds is 7. The number of methoxy groups -OCH3 is 1. The number of hydrogen-bond donors (Lipinski definition) is 2. The summed E-state index contributed by atoms with van der Waals surface area (Å²) in [4.78, 5) is 24.7. The van der Waals surface area contributed by atoms with Crippen molar-refractivity contribution in [2.24, 2.45) is 0 Å². The molecule has 1 aromatic heterocycles. The maximum absolute atomic E-state index is 12.6. The maximum Gasteiger partial charge on any atom is 0.255 e. The fraction of sp³-hybridized carbons (Fsp3) is 0.227. The zero-order chi connectivity index (χ0) is 21.7. The number of halogens is 1. The third-order valence-electron chi connectivity index (χ3n) is 4.45. The summed E-state index contributed by atoms with van der Waals surface area (Å²) in [5.41, 5.74) is 4.16. The zero-order valence-corrected chi connectivity index (χ0v) is 17.8. The van der Waals surface area contributed by atoms with Crippen LogP contribution in [0.5, 0.6) is 0 Å². The van der Waals surface area contributed by atoms with Crippen molar-refractivity contribution in [1.82, 2.24) is 15.1 Å². The van der Waals surface area contributed by atoms with Gasteiger partial charge in [0.1, 0.15) is 0 Å². The lowest BCUT2D eigenvalue weighted by Gasteiger charge is -2.10. The van der Waals surface area contributed by atoms with Gasteiger partial charge in [0, 0.05) is 30.6 Å². The molecule has 156 valence electrons. The van der Waals surface area contributed by atoms with Gasteiger partial charge in [-0.25, -0.2) is 4.68 Å². The highest BCUT2D eigenvalue weighted by Gasteiger charge is 2.13. The molecule has 1 heterocycles. The van der Waals surface area contributed by atoms with Crippen molar-refractivity contribution < 1.29 is 14.3 Å². The number of carbonyl (C=O) groups excluding carboxylic acids is 2. The third kappa shape index (κ3) is 5.06. The Morgan fingerprint density at radius 3 is 2.40 bits per heavy atom. The summed E-state index contributed by atoms with van der Waals surface area (Å²) in [5, 5.41) is 10.2. The van der Waals surface area contributed by atoms with E-state index in [1.165, 1.54) is 0 Å². The second-order valence-corrected chi connectivity index (χ2v) is 7.19. The Morgan fingerprint density at radius 2 is 1.80 bits per heavy atom. The molecule has 0 saturated carbocycles. The van der Waals surface area contributed by atoms with Crippen LogP contribution in [0.1, 0.15) is 32.1 Å². The number of nitrogens with zero attached hydrogens (tertiary/aromatic N) is 2. The monoisotopic (exact) mass is 426 g/mol. The molecule has 3 aromatic rings. The van der Waals surface area contributed by atoms with Crippen LogP contribution in [0.4, 0.5) is 5.69 Å². The van der Waals surface area contributed by atoms with Gasteiger partial charge < -0.3 is 15.4 Å². The molecule has 0 aliphatic rings. The zero-order valence-electron chi connectivity index (χ0n) is 17.0. The van der Waals surface area contributed by atoms with Crippen LogP contribution in [0.15, 0.2) is 48.5 Å². The quantitative estimate of drug-likeness (QED) is 0.563. The van der Waals surface area contributed by atoms with Crippen LogP contribution in [0, 0.1) is 13.8 Å². The Hall–Kier alpha value is -3.16. The first-order valence-electron chi connectivity index (χ1n) is 9.41. The largest absolute Gasteiger partial charge is 0.383 e. The van der Waals surface area contributed by atoms with Gasteiger partial charge in [0.15, 0.2) is 0 Å². The molecular formula is C22H23ClN4O3. The number of benzene rings is 2. The lowest BCUT2D eigenvalue weighted by atomic mass is 10.1. The number of carbonyl (C=O) groups is 2. The van der Waals surface area contributed by atoms with Crippen molar-refractivity contribution >= 4 is 29.1 Å². The molecule has 0 radical (unpaired) electrons. The first-order valence-corrected chi connectivity index (χ1v) is 9.78. The minimum absolute atomic E-state index is 0.252. The van der Waals surface area contributed by atoms with E-state index in [1.807, 2.05) is 36.7 Å². The van der Waals surface area contributed by atoms with Gasteiger partial charge in [-0.15, -0.1) is 0 Å². The molecule has 3 rings (SSSR count). The van der Waals surface area contributed by atoms with Gasteiger partial charge in [0.2, 0.25) is 0 Å². The molecule has 2 N–H and O–H groups in total. The normalized spacial score (nSPS) is 10.7. The number of aromatic nitrogens is 2. The Kier molecular flexibility index (Phi) is 6.87. The second-order valence-electron chi connectivity index (χ2n) is 6.78. The van der Waals surface area contributed by atoms with Crippen LogP contribution in [0.3, 0.4) is 0 Å². The van der Waals surface area contributed by atoms with E-state index in [1.54, 1.807) is 37.4 Å². The number of hydrogen-bond acceptors (Lipinski definition) is 4. The van der Waals surface area contributed by atoms with Crippen molar-refractivity contribution in [3.8, 4) is 5.69 Å². The summed E-state index contributed by atoms with van der Waals surface area (Å²) >= 11 is 6.22. The summed E-state index contributed by atoms with van der Waals surface area (Å²) in [6, 6.07) is 13.9. The van der Waals surface area contributed by atoms with Gasteiger partial charge in [-0.05, 0) is 62.4 Å². The van der Waals surface area contributed by atoms with Crippen LogP contribution in [0.2, 0.25) is 5.02 Å². The molecule has 30 heavy (non-hydrogen) atoms. The second kappa shape index (κ2) is 9.56. The van der Waals surface area contributed by atoms with Gasteiger partial charge in [0.25, 0.3) is 11.8 Å². The lowest BCUT2D eigenvalue weighted by molar-refractivity contribution is 0.0936. The predicted molar refractivity (Wildman–Crippen MR) is 117 cm³/mol. The van der Waals surface area contributed by atoms with E-state index in [2.05, 4.69) is 15.7 Å². The third-order valence-corrected chi connectivity index (χ3v) is 4.76. The molecule has 0 saturated heterocycles. The SMILES string of the molecule is COCCNC(=O)c1ccc(NC(=O)c2ccc(-n3nc(C)cc3C)cc2)cc1Cl. The number of ether oxygens (including phenoxy) is 1. The Balaban J connectivity index is 1.67. The van der Waals surface area contributed by atoms with E-state index < -0.39 is 0 Å². The summed E-state index contributed by atoms with van der Waals surface area (Å²) < 4.78 is 6.73. The summed E-state index contributed by atoms with van der Waals surface area (Å²) in [5.74, 6) is -0.571. The first kappa shape index (κ1) is 21.5. The standard InChI is InChI=1S/C22H23ClN4O3/c1-14-12-15(2)27(26-14)18-7-4-16(5-8-18)21(28)25-17-6-9-19(20(23)13-17)22(29)24-10-11-30-3/h4-9,12-13H,10-11H2,1-3H3,(H,24,29)(H,25,28). The summed E-state index contributed by atoms with van der Waals surface area (Å²) in [7, 11) is 1.56. The van der Waals surface area contributed by atoms with E-state index >= 15 is 0 Å². The van der Waals surface area contributed by atoms with Gasteiger partial charge >= 0.3 is 0 Å². The van der Waals surface area contributed by atoms with Crippen molar-refractivity contribution in [2.45, 2.75) is 13.8 Å². The van der Waals surface area contributed by atoms with E-state index in [0.29, 0.717) is 30.0 Å². The highest BCUT2D eigenvalue weighted by atomic mass is 35.5. The highest BCUT2D eigenvalue weighted by molar-refractivity contribution is 6.34. The van der Waals surface area contributed by atoms with Crippen LogP contribution in [0.25, 0.3) is 5.69 Å². The molecule has 0 fully saturated rings. The van der Waals surface area contributed by atoms with Crippen molar-refractivity contribution in [1.29, 1.82) is 0 Å². The molecule has 7 nitrogen and oxygen atoms in total. The predicted octanol–water partition coefficient (Wildman–Crippen LogP) is 3.77. The van der Waals surface area contributed by atoms with E-state index in [0.717, 1.165) is 17.1 Å². The van der Waals surface area contributed by atoms with Crippen LogP contribution in [-0.4, -0.2) is 41.9 Å². The fourth-order valence-electron chi connectivity index (χ4n) is 2.99. The average molecular weight is 427 g/mol. The molecule has 0 spiro atoms. The van der Waals surface area contributed by atoms with E-state index in [9.17, 15) is 9.59 Å². The maximum atomic E-state index is 12.6. The van der Waals surface area contributed by atoms with Crippen molar-refractivity contribution in [2.75, 3.05) is 25.6 Å². The number of anilines is 1. The minimum Gasteiger partial charge on any atom is -0.383 e. The topological polar surface area (TPSA) is 85.3 Å². The van der Waals surface area contributed by atoms with Crippen LogP contribution < -0.4 is 10.6 Å². The van der Waals surface area contributed by atoms with Gasteiger partial charge in [-0.3, -0.25) is 9.59 Å². The van der Waals surface area contributed by atoms with Crippen LogP contribution in [-0.2, 0) is 4.74 Å². The Bertz CT molecular complexity index is 1060. The lowest BCUT2D eigenvalue weighted by Crippen LogP contribution is -2.27. The molecule has 0 aliphatic heterocycles. The highest BCUT2D eigenvalue weighted by Crippen LogP contribution is 2.22. The van der Waals surface area contributed by atoms with Gasteiger partial charge in [-0.2, -0.15) is 5.10 Å². The molecule has 8 heteroatoms. The smallest absolute Gasteiger partial charge is 0.255 e.